The zero-order valence-electron chi connectivity index (χ0n) is 17.4. The molecule has 2 heterocycles. The van der Waals surface area contributed by atoms with Gasteiger partial charge in [0, 0.05) is 22.9 Å². The summed E-state index contributed by atoms with van der Waals surface area (Å²) in [5.41, 5.74) is 1.94. The minimum absolute atomic E-state index is 0.150. The number of methoxy groups -OCH3 is 1. The van der Waals surface area contributed by atoms with Crippen molar-refractivity contribution in [3.8, 4) is 5.75 Å². The first kappa shape index (κ1) is 18.4. The molecule has 7 heteroatoms. The third kappa shape index (κ3) is 2.88. The topological polar surface area (TPSA) is 64.3 Å². The van der Waals surface area contributed by atoms with Crippen LogP contribution in [0.4, 0.5) is 11.5 Å². The van der Waals surface area contributed by atoms with E-state index >= 15 is 0 Å². The van der Waals surface area contributed by atoms with Crippen molar-refractivity contribution in [2.45, 2.75) is 50.9 Å². The van der Waals surface area contributed by atoms with Gasteiger partial charge in [-0.15, -0.1) is 5.10 Å². The zero-order valence-corrected chi connectivity index (χ0v) is 18.1. The van der Waals surface area contributed by atoms with Gasteiger partial charge in [-0.1, -0.05) is 11.6 Å². The second kappa shape index (κ2) is 6.58. The highest BCUT2D eigenvalue weighted by Gasteiger charge is 2.53. The monoisotopic (exact) mass is 423 g/mol. The maximum absolute atomic E-state index is 6.31. The molecule has 3 aromatic rings. The number of hydrogen-bond acceptors (Lipinski definition) is 5. The molecule has 7 rings (SSSR count). The predicted octanol–water partition coefficient (Wildman–Crippen LogP) is 5.31. The van der Waals surface area contributed by atoms with Gasteiger partial charge in [0.15, 0.2) is 5.82 Å². The number of nitrogens with one attached hydrogen (secondary N) is 1. The molecule has 0 atom stereocenters. The van der Waals surface area contributed by atoms with Crippen molar-refractivity contribution in [3.05, 3.63) is 40.8 Å². The van der Waals surface area contributed by atoms with Gasteiger partial charge in [-0.3, -0.25) is 0 Å². The van der Waals surface area contributed by atoms with E-state index in [0.717, 1.165) is 40.8 Å². The molecule has 1 N–H and O–H groups in total. The zero-order chi connectivity index (χ0) is 20.5. The Morgan fingerprint density at radius 3 is 2.40 bits per heavy atom. The Balaban J connectivity index is 1.40. The van der Waals surface area contributed by atoms with Crippen molar-refractivity contribution in [2.24, 2.45) is 17.8 Å². The standard InChI is InChI=1S/C23H26ClN5O/c1-13-5-20(26-17-3-4-19(30-2)18(24)9-17)29-22(25-13)27-21(28-29)23-10-14-6-15(11-23)8-16(7-14)12-23/h3-5,9,14-16,26H,6-8,10-12H2,1-2H3. The molecule has 1 aromatic carbocycles. The average molecular weight is 424 g/mol. The molecule has 2 aromatic heterocycles. The number of ether oxygens (including phenoxy) is 1. The molecule has 0 spiro atoms. The Labute approximate surface area is 181 Å². The van der Waals surface area contributed by atoms with Gasteiger partial charge in [0.1, 0.15) is 11.6 Å². The van der Waals surface area contributed by atoms with Crippen LogP contribution in [-0.2, 0) is 5.41 Å². The van der Waals surface area contributed by atoms with Gasteiger partial charge in [0.05, 0.1) is 12.1 Å². The second-order valence-corrected chi connectivity index (χ2v) is 10.0. The molecule has 0 saturated heterocycles. The van der Waals surface area contributed by atoms with Crippen LogP contribution in [0.15, 0.2) is 24.3 Å². The van der Waals surface area contributed by atoms with Crippen LogP contribution in [0, 0.1) is 24.7 Å². The summed E-state index contributed by atoms with van der Waals surface area (Å²) in [6.07, 6.45) is 7.96. The summed E-state index contributed by atoms with van der Waals surface area (Å²) in [5.74, 6) is 5.74. The lowest BCUT2D eigenvalue weighted by molar-refractivity contribution is -0.00925. The van der Waals surface area contributed by atoms with Gasteiger partial charge in [-0.2, -0.15) is 9.50 Å². The summed E-state index contributed by atoms with van der Waals surface area (Å²) in [5, 5.41) is 9.03. The van der Waals surface area contributed by atoms with Gasteiger partial charge in [-0.05, 0) is 81.4 Å². The van der Waals surface area contributed by atoms with Gasteiger partial charge >= 0.3 is 0 Å². The van der Waals surface area contributed by atoms with Gasteiger partial charge in [-0.25, -0.2) is 4.98 Å². The molecule has 0 aliphatic heterocycles. The van der Waals surface area contributed by atoms with Gasteiger partial charge in [0.25, 0.3) is 5.78 Å². The van der Waals surface area contributed by atoms with Gasteiger partial charge < -0.3 is 10.1 Å². The number of aryl methyl sites for hydroxylation is 1. The predicted molar refractivity (Wildman–Crippen MR) is 117 cm³/mol. The number of aromatic nitrogens is 4. The van der Waals surface area contributed by atoms with Crippen LogP contribution < -0.4 is 10.1 Å². The van der Waals surface area contributed by atoms with Crippen molar-refractivity contribution in [1.29, 1.82) is 0 Å². The Bertz CT molecular complexity index is 1100. The maximum atomic E-state index is 6.31. The van der Waals surface area contributed by atoms with E-state index in [4.69, 9.17) is 26.4 Å². The highest BCUT2D eigenvalue weighted by atomic mass is 35.5. The molecular formula is C23H26ClN5O. The quantitative estimate of drug-likeness (QED) is 0.616. The maximum Gasteiger partial charge on any atom is 0.254 e. The van der Waals surface area contributed by atoms with E-state index in [1.54, 1.807) is 7.11 Å². The summed E-state index contributed by atoms with van der Waals surface area (Å²) < 4.78 is 7.12. The molecule has 4 saturated carbocycles. The summed E-state index contributed by atoms with van der Waals surface area (Å²) in [7, 11) is 1.62. The summed E-state index contributed by atoms with van der Waals surface area (Å²) in [4.78, 5) is 9.64. The minimum Gasteiger partial charge on any atom is -0.495 e. The lowest BCUT2D eigenvalue weighted by Crippen LogP contribution is -2.49. The third-order valence-corrected chi connectivity index (χ3v) is 7.67. The highest BCUT2D eigenvalue weighted by molar-refractivity contribution is 6.32. The smallest absolute Gasteiger partial charge is 0.254 e. The fourth-order valence-electron chi connectivity index (χ4n) is 6.58. The number of anilines is 2. The second-order valence-electron chi connectivity index (χ2n) is 9.60. The summed E-state index contributed by atoms with van der Waals surface area (Å²) >= 11 is 6.31. The van der Waals surface area contributed by atoms with Crippen molar-refractivity contribution < 1.29 is 4.74 Å². The van der Waals surface area contributed by atoms with E-state index in [1.165, 1.54) is 38.5 Å². The van der Waals surface area contributed by atoms with Crippen LogP contribution >= 0.6 is 11.6 Å². The van der Waals surface area contributed by atoms with Crippen LogP contribution in [0.5, 0.6) is 5.75 Å². The van der Waals surface area contributed by atoms with Crippen LogP contribution in [0.25, 0.3) is 5.78 Å². The van der Waals surface area contributed by atoms with Gasteiger partial charge in [0.2, 0.25) is 0 Å². The molecule has 156 valence electrons. The van der Waals surface area contributed by atoms with Crippen LogP contribution in [0.1, 0.15) is 50.0 Å². The molecule has 0 amide bonds. The van der Waals surface area contributed by atoms with E-state index in [1.807, 2.05) is 35.7 Å². The number of benzene rings is 1. The van der Waals surface area contributed by atoms with E-state index in [-0.39, 0.29) is 5.41 Å². The normalized spacial score (nSPS) is 29.5. The number of halogens is 1. The molecule has 4 aliphatic carbocycles. The van der Waals surface area contributed by atoms with Crippen LogP contribution in [0.2, 0.25) is 5.02 Å². The first-order valence-corrected chi connectivity index (χ1v) is 11.2. The van der Waals surface area contributed by atoms with Crippen molar-refractivity contribution in [2.75, 3.05) is 12.4 Å². The minimum atomic E-state index is 0.150. The first-order chi connectivity index (χ1) is 14.5. The van der Waals surface area contributed by atoms with Crippen LogP contribution in [-0.4, -0.2) is 26.7 Å². The number of fused-ring (bicyclic) bond motifs is 1. The fraction of sp³-hybridized carbons (Fsp3) is 0.522. The average Bonchev–Trinajstić information content (AvgIpc) is 3.12. The molecule has 4 bridgehead atoms. The SMILES string of the molecule is COc1ccc(Nc2cc(C)nc3nc(C45CC6CC(CC(C6)C4)C5)nn23)cc1Cl. The van der Waals surface area contributed by atoms with Crippen molar-refractivity contribution >= 4 is 28.9 Å². The molecular weight excluding hydrogens is 398 g/mol. The number of rotatable bonds is 4. The third-order valence-electron chi connectivity index (χ3n) is 7.38. The lowest BCUT2D eigenvalue weighted by Gasteiger charge is -2.55. The first-order valence-electron chi connectivity index (χ1n) is 10.9. The molecule has 6 nitrogen and oxygen atoms in total. The summed E-state index contributed by atoms with van der Waals surface area (Å²) in [6, 6.07) is 7.67. The van der Waals surface area contributed by atoms with Crippen molar-refractivity contribution in [3.63, 3.8) is 0 Å². The molecule has 30 heavy (non-hydrogen) atoms. The summed E-state index contributed by atoms with van der Waals surface area (Å²) in [6.45, 7) is 1.99. The molecule has 0 unspecified atom stereocenters. The van der Waals surface area contributed by atoms with Crippen molar-refractivity contribution in [1.82, 2.24) is 19.6 Å². The van der Waals surface area contributed by atoms with Crippen LogP contribution in [0.3, 0.4) is 0 Å². The molecule has 4 aliphatic rings. The fourth-order valence-corrected chi connectivity index (χ4v) is 6.83. The Morgan fingerprint density at radius 2 is 1.77 bits per heavy atom. The van der Waals surface area contributed by atoms with E-state index in [0.29, 0.717) is 16.5 Å². The van der Waals surface area contributed by atoms with E-state index in [9.17, 15) is 0 Å². The molecule has 0 radical (unpaired) electrons. The number of nitrogens with zero attached hydrogens (tertiary/aromatic N) is 4. The van der Waals surface area contributed by atoms with E-state index in [2.05, 4.69) is 10.3 Å². The Hall–Kier alpha value is -2.34. The largest absolute Gasteiger partial charge is 0.495 e. The highest BCUT2D eigenvalue weighted by Crippen LogP contribution is 2.60. The van der Waals surface area contributed by atoms with E-state index < -0.39 is 0 Å². The Kier molecular flexibility index (Phi) is 4.04. The molecule has 4 fully saturated rings. The Morgan fingerprint density at radius 1 is 1.07 bits per heavy atom. The lowest BCUT2D eigenvalue weighted by atomic mass is 9.49. The number of hydrogen-bond donors (Lipinski definition) is 1.